The van der Waals surface area contributed by atoms with E-state index in [1.165, 1.54) is 11.3 Å². The van der Waals surface area contributed by atoms with E-state index < -0.39 is 0 Å². The van der Waals surface area contributed by atoms with Crippen LogP contribution in [0.5, 0.6) is 0 Å². The topological polar surface area (TPSA) is 60.5 Å². The summed E-state index contributed by atoms with van der Waals surface area (Å²) >= 11 is 7.51. The molecule has 0 saturated carbocycles. The lowest BCUT2D eigenvalue weighted by Crippen LogP contribution is -2.18. The Kier molecular flexibility index (Phi) is 7.56. The Balaban J connectivity index is 1.59. The van der Waals surface area contributed by atoms with Gasteiger partial charge in [0.1, 0.15) is 6.61 Å². The zero-order chi connectivity index (χ0) is 19.8. The van der Waals surface area contributed by atoms with Crippen molar-refractivity contribution in [2.75, 3.05) is 19.0 Å². The second-order valence-corrected chi connectivity index (χ2v) is 7.68. The molecule has 1 N–H and O–H groups in total. The second kappa shape index (κ2) is 10.3. The molecule has 7 heteroatoms. The highest BCUT2D eigenvalue weighted by Gasteiger charge is 2.14. The van der Waals surface area contributed by atoms with Gasteiger partial charge in [-0.3, -0.25) is 10.1 Å². The molecule has 1 heterocycles. The maximum atomic E-state index is 12.2. The quantitative estimate of drug-likeness (QED) is 0.549. The Labute approximate surface area is 173 Å². The predicted molar refractivity (Wildman–Crippen MR) is 112 cm³/mol. The molecule has 0 atom stereocenters. The summed E-state index contributed by atoms with van der Waals surface area (Å²) in [5, 5.41) is 4.04. The number of nitrogens with one attached hydrogen (secondary N) is 1. The van der Waals surface area contributed by atoms with Gasteiger partial charge in [-0.15, -0.1) is 11.3 Å². The first-order chi connectivity index (χ1) is 13.6. The van der Waals surface area contributed by atoms with E-state index in [1.807, 2.05) is 54.6 Å². The highest BCUT2D eigenvalue weighted by atomic mass is 35.5. The third-order valence-corrected chi connectivity index (χ3v) is 5.15. The van der Waals surface area contributed by atoms with Gasteiger partial charge in [0.05, 0.1) is 18.9 Å². The minimum Gasteiger partial charge on any atom is -0.378 e. The van der Waals surface area contributed by atoms with Crippen molar-refractivity contribution in [3.63, 3.8) is 0 Å². The predicted octanol–water partition coefficient (Wildman–Crippen LogP) is 4.69. The van der Waals surface area contributed by atoms with E-state index in [-0.39, 0.29) is 12.5 Å². The largest absolute Gasteiger partial charge is 0.378 e. The summed E-state index contributed by atoms with van der Waals surface area (Å²) < 4.78 is 10.7. The lowest BCUT2D eigenvalue weighted by atomic mass is 10.1. The molecular formula is C21H21ClN2O3S. The van der Waals surface area contributed by atoms with Crippen LogP contribution in [0.25, 0.3) is 0 Å². The first-order valence-electron chi connectivity index (χ1n) is 8.77. The molecule has 3 aromatic rings. The van der Waals surface area contributed by atoms with E-state index in [2.05, 4.69) is 10.3 Å². The average molecular weight is 417 g/mol. The van der Waals surface area contributed by atoms with Gasteiger partial charge in [0.25, 0.3) is 5.91 Å². The SMILES string of the molecule is COCc1nc(NC(=O)COCc2ccccc2)sc1Cc1cccc(Cl)c1. The summed E-state index contributed by atoms with van der Waals surface area (Å²) in [5.41, 5.74) is 2.92. The zero-order valence-electron chi connectivity index (χ0n) is 15.5. The summed E-state index contributed by atoms with van der Waals surface area (Å²) in [7, 11) is 1.62. The van der Waals surface area contributed by atoms with Gasteiger partial charge in [-0.05, 0) is 23.3 Å². The molecule has 0 aliphatic carbocycles. The lowest BCUT2D eigenvalue weighted by molar-refractivity contribution is -0.121. The fraction of sp³-hybridized carbons (Fsp3) is 0.238. The maximum Gasteiger partial charge on any atom is 0.252 e. The Bertz CT molecular complexity index is 915. The van der Waals surface area contributed by atoms with Crippen LogP contribution in [0.2, 0.25) is 5.02 Å². The van der Waals surface area contributed by atoms with Crippen LogP contribution in [0.15, 0.2) is 54.6 Å². The molecule has 3 rings (SSSR count). The van der Waals surface area contributed by atoms with Crippen molar-refractivity contribution in [2.45, 2.75) is 19.6 Å². The number of rotatable bonds is 9. The van der Waals surface area contributed by atoms with Crippen LogP contribution in [0, 0.1) is 0 Å². The van der Waals surface area contributed by atoms with Crippen molar-refractivity contribution in [3.05, 3.63) is 81.3 Å². The summed E-state index contributed by atoms with van der Waals surface area (Å²) in [6, 6.07) is 17.4. The smallest absolute Gasteiger partial charge is 0.252 e. The van der Waals surface area contributed by atoms with Gasteiger partial charge in [0.15, 0.2) is 5.13 Å². The zero-order valence-corrected chi connectivity index (χ0v) is 17.1. The molecule has 2 aromatic carbocycles. The van der Waals surface area contributed by atoms with Crippen molar-refractivity contribution >= 4 is 34.0 Å². The summed E-state index contributed by atoms with van der Waals surface area (Å²) in [5.74, 6) is -0.233. The van der Waals surface area contributed by atoms with E-state index in [4.69, 9.17) is 21.1 Å². The van der Waals surface area contributed by atoms with Crippen LogP contribution in [0.1, 0.15) is 21.7 Å². The van der Waals surface area contributed by atoms with Crippen LogP contribution >= 0.6 is 22.9 Å². The van der Waals surface area contributed by atoms with Crippen LogP contribution in [-0.4, -0.2) is 24.6 Å². The van der Waals surface area contributed by atoms with Gasteiger partial charge >= 0.3 is 0 Å². The van der Waals surface area contributed by atoms with Crippen molar-refractivity contribution in [1.82, 2.24) is 4.98 Å². The van der Waals surface area contributed by atoms with E-state index >= 15 is 0 Å². The van der Waals surface area contributed by atoms with Crippen molar-refractivity contribution in [1.29, 1.82) is 0 Å². The van der Waals surface area contributed by atoms with Gasteiger partial charge < -0.3 is 9.47 Å². The Morgan fingerprint density at radius 3 is 2.64 bits per heavy atom. The number of carbonyl (C=O) groups excluding carboxylic acids is 1. The van der Waals surface area contributed by atoms with Crippen LogP contribution in [0.4, 0.5) is 5.13 Å². The Morgan fingerprint density at radius 1 is 1.11 bits per heavy atom. The number of benzene rings is 2. The molecule has 0 bridgehead atoms. The number of halogens is 1. The number of methoxy groups -OCH3 is 1. The molecule has 0 aliphatic rings. The fourth-order valence-corrected chi connectivity index (χ4v) is 3.88. The van der Waals surface area contributed by atoms with Crippen LogP contribution in [-0.2, 0) is 33.9 Å². The van der Waals surface area contributed by atoms with Crippen molar-refractivity contribution in [3.8, 4) is 0 Å². The van der Waals surface area contributed by atoms with Gasteiger partial charge in [-0.25, -0.2) is 4.98 Å². The Hall–Kier alpha value is -2.25. The molecule has 5 nitrogen and oxygen atoms in total. The monoisotopic (exact) mass is 416 g/mol. The summed E-state index contributed by atoms with van der Waals surface area (Å²) in [4.78, 5) is 17.7. The molecule has 1 amide bonds. The average Bonchev–Trinajstić information content (AvgIpc) is 3.03. The minimum absolute atomic E-state index is 0.0300. The molecule has 0 saturated heterocycles. The van der Waals surface area contributed by atoms with E-state index in [1.54, 1.807) is 7.11 Å². The molecule has 1 aromatic heterocycles. The standard InChI is InChI=1S/C21H21ClN2O3S/c1-26-13-18-19(11-16-8-5-9-17(22)10-16)28-21(23-18)24-20(25)14-27-12-15-6-3-2-4-7-15/h2-10H,11-14H2,1H3,(H,23,24,25). The number of hydrogen-bond acceptors (Lipinski definition) is 5. The maximum absolute atomic E-state index is 12.2. The van der Waals surface area contributed by atoms with Crippen LogP contribution in [0.3, 0.4) is 0 Å². The molecular weight excluding hydrogens is 396 g/mol. The third kappa shape index (κ3) is 6.14. The Morgan fingerprint density at radius 2 is 1.89 bits per heavy atom. The van der Waals surface area contributed by atoms with Crippen molar-refractivity contribution in [2.24, 2.45) is 0 Å². The highest BCUT2D eigenvalue weighted by Crippen LogP contribution is 2.27. The van der Waals surface area contributed by atoms with Crippen molar-refractivity contribution < 1.29 is 14.3 Å². The van der Waals surface area contributed by atoms with Crippen LogP contribution < -0.4 is 5.32 Å². The van der Waals surface area contributed by atoms with E-state index in [9.17, 15) is 4.79 Å². The number of thiazole rings is 1. The molecule has 0 unspecified atom stereocenters. The third-order valence-electron chi connectivity index (χ3n) is 3.90. The number of amides is 1. The fourth-order valence-electron chi connectivity index (χ4n) is 2.65. The second-order valence-electron chi connectivity index (χ2n) is 6.16. The highest BCUT2D eigenvalue weighted by molar-refractivity contribution is 7.15. The molecule has 28 heavy (non-hydrogen) atoms. The first-order valence-corrected chi connectivity index (χ1v) is 9.97. The lowest BCUT2D eigenvalue weighted by Gasteiger charge is -2.04. The molecule has 0 fully saturated rings. The van der Waals surface area contributed by atoms with E-state index in [0.29, 0.717) is 29.8 Å². The van der Waals surface area contributed by atoms with E-state index in [0.717, 1.165) is 21.7 Å². The summed E-state index contributed by atoms with van der Waals surface area (Å²) in [6.07, 6.45) is 0.678. The normalized spacial score (nSPS) is 10.8. The van der Waals surface area contributed by atoms with Gasteiger partial charge in [-0.1, -0.05) is 54.1 Å². The van der Waals surface area contributed by atoms with Gasteiger partial charge in [-0.2, -0.15) is 0 Å². The minimum atomic E-state index is -0.233. The van der Waals surface area contributed by atoms with Gasteiger partial charge in [0, 0.05) is 23.4 Å². The summed E-state index contributed by atoms with van der Waals surface area (Å²) in [6.45, 7) is 0.742. The number of nitrogens with zero attached hydrogens (tertiary/aromatic N) is 1. The first kappa shape index (κ1) is 20.5. The number of anilines is 1. The molecule has 146 valence electrons. The number of hydrogen-bond donors (Lipinski definition) is 1. The molecule has 0 radical (unpaired) electrons. The number of carbonyl (C=O) groups is 1. The molecule has 0 spiro atoms. The molecule has 0 aliphatic heterocycles. The van der Waals surface area contributed by atoms with Gasteiger partial charge in [0.2, 0.25) is 0 Å². The number of ether oxygens (including phenoxy) is 2. The number of aromatic nitrogens is 1.